The van der Waals surface area contributed by atoms with Crippen LogP contribution in [0.25, 0.3) is 43.5 Å². The van der Waals surface area contributed by atoms with E-state index in [1.165, 1.54) is 42.6 Å². The van der Waals surface area contributed by atoms with Crippen molar-refractivity contribution in [3.63, 3.8) is 0 Å². The minimum Gasteiger partial charge on any atom is -0.309 e. The Balaban J connectivity index is 1.33. The van der Waals surface area contributed by atoms with E-state index in [-0.39, 0.29) is 0 Å². The Morgan fingerprint density at radius 2 is 0.870 bits per heavy atom. The highest BCUT2D eigenvalue weighted by Crippen LogP contribution is 2.33. The SMILES string of the molecule is [C-]#[N+]c1cc(-c2ccc(-n3c4ccccc4c4ccccc43)cc2)cc([Si](c2ccccc2)(c2ccccc2)c2ccccc2)c1. The Hall–Kier alpha value is -5.95. The van der Waals surface area contributed by atoms with Crippen LogP contribution in [0.3, 0.4) is 0 Å². The van der Waals surface area contributed by atoms with Crippen molar-refractivity contribution in [2.45, 2.75) is 0 Å². The number of aromatic nitrogens is 1. The second kappa shape index (κ2) is 11.5. The lowest BCUT2D eigenvalue weighted by atomic mass is 10.0. The molecule has 0 aliphatic rings. The Labute approximate surface area is 270 Å². The van der Waals surface area contributed by atoms with Crippen molar-refractivity contribution in [2.75, 3.05) is 0 Å². The van der Waals surface area contributed by atoms with Crippen LogP contribution in [-0.4, -0.2) is 12.6 Å². The standard InChI is InChI=1S/C43H30N2Si/c1-44-34-29-33(32-25-27-35(28-26-32)45-42-23-13-11-21-40(42)41-22-12-14-24-43(41)45)30-39(31-34)46(36-15-5-2-6-16-36,37-17-7-3-8-18-37)38-19-9-4-10-20-38/h2-31H. The van der Waals surface area contributed by atoms with Gasteiger partial charge in [0, 0.05) is 16.5 Å². The van der Waals surface area contributed by atoms with Crippen LogP contribution in [0.2, 0.25) is 0 Å². The molecule has 0 saturated heterocycles. The third-order valence-electron chi connectivity index (χ3n) is 9.14. The highest BCUT2D eigenvalue weighted by Gasteiger charge is 2.41. The van der Waals surface area contributed by atoms with Gasteiger partial charge < -0.3 is 4.57 Å². The molecule has 1 aromatic heterocycles. The van der Waals surface area contributed by atoms with Crippen LogP contribution >= 0.6 is 0 Å². The number of hydrogen-bond acceptors (Lipinski definition) is 0. The Kier molecular flexibility index (Phi) is 6.91. The molecule has 46 heavy (non-hydrogen) atoms. The maximum atomic E-state index is 8.14. The lowest BCUT2D eigenvalue weighted by molar-refractivity contribution is 1.18. The van der Waals surface area contributed by atoms with Crippen LogP contribution in [0.15, 0.2) is 182 Å². The average Bonchev–Trinajstić information content (AvgIpc) is 3.48. The highest BCUT2D eigenvalue weighted by molar-refractivity contribution is 7.20. The van der Waals surface area contributed by atoms with E-state index in [4.69, 9.17) is 6.57 Å². The van der Waals surface area contributed by atoms with E-state index < -0.39 is 8.07 Å². The van der Waals surface area contributed by atoms with E-state index >= 15 is 0 Å². The molecular formula is C43H30N2Si. The largest absolute Gasteiger partial charge is 0.309 e. The molecule has 0 atom stereocenters. The molecule has 8 aromatic rings. The van der Waals surface area contributed by atoms with Crippen LogP contribution in [-0.2, 0) is 0 Å². The first-order valence-corrected chi connectivity index (χ1v) is 17.6. The number of hydrogen-bond donors (Lipinski definition) is 0. The Morgan fingerprint density at radius 1 is 0.413 bits per heavy atom. The van der Waals surface area contributed by atoms with Crippen molar-refractivity contribution in [1.29, 1.82) is 0 Å². The van der Waals surface area contributed by atoms with Gasteiger partial charge in [0.2, 0.25) is 0 Å². The van der Waals surface area contributed by atoms with E-state index in [1.807, 2.05) is 6.07 Å². The molecule has 0 aliphatic carbocycles. The predicted molar refractivity (Wildman–Crippen MR) is 196 cm³/mol. The molecule has 2 nitrogen and oxygen atoms in total. The molecule has 0 N–H and O–H groups in total. The molecule has 0 aliphatic heterocycles. The third kappa shape index (κ3) is 4.47. The van der Waals surface area contributed by atoms with Gasteiger partial charge >= 0.3 is 0 Å². The zero-order chi connectivity index (χ0) is 30.9. The first-order valence-electron chi connectivity index (χ1n) is 15.6. The number of benzene rings is 7. The second-order valence-electron chi connectivity index (χ2n) is 11.6. The second-order valence-corrected chi connectivity index (χ2v) is 15.5. The molecular weight excluding hydrogens is 573 g/mol. The molecule has 216 valence electrons. The van der Waals surface area contributed by atoms with Gasteiger partial charge in [-0.05, 0) is 57.0 Å². The van der Waals surface area contributed by atoms with Crippen LogP contribution in [0.4, 0.5) is 5.69 Å². The van der Waals surface area contributed by atoms with Gasteiger partial charge in [0.05, 0.1) is 17.6 Å². The number of fused-ring (bicyclic) bond motifs is 3. The predicted octanol–water partition coefficient (Wildman–Crippen LogP) is 8.38. The fourth-order valence-corrected chi connectivity index (χ4v) is 11.9. The summed E-state index contributed by atoms with van der Waals surface area (Å²) < 4.78 is 2.34. The quantitative estimate of drug-likeness (QED) is 0.103. The molecule has 8 rings (SSSR count). The molecule has 0 unspecified atom stereocenters. The summed E-state index contributed by atoms with van der Waals surface area (Å²) in [6, 6.07) is 65.1. The van der Waals surface area contributed by atoms with Crippen LogP contribution in [0, 0.1) is 6.57 Å². The fraction of sp³-hybridized carbons (Fsp3) is 0. The summed E-state index contributed by atoms with van der Waals surface area (Å²) in [6.07, 6.45) is 0. The molecule has 0 bridgehead atoms. The van der Waals surface area contributed by atoms with Gasteiger partial charge in [-0.3, -0.25) is 0 Å². The maximum absolute atomic E-state index is 8.14. The Bertz CT molecular complexity index is 2200. The van der Waals surface area contributed by atoms with E-state index in [1.54, 1.807) is 0 Å². The molecule has 3 heteroatoms. The molecule has 0 fully saturated rings. The molecule has 0 spiro atoms. The van der Waals surface area contributed by atoms with Gasteiger partial charge in [0.15, 0.2) is 13.8 Å². The van der Waals surface area contributed by atoms with Crippen LogP contribution in [0.1, 0.15) is 0 Å². The minimum atomic E-state index is -2.77. The number of para-hydroxylation sites is 2. The molecule has 0 amide bonds. The van der Waals surface area contributed by atoms with Crippen molar-refractivity contribution in [3.8, 4) is 16.8 Å². The van der Waals surface area contributed by atoms with E-state index in [0.717, 1.165) is 16.8 Å². The lowest BCUT2D eigenvalue weighted by Gasteiger charge is -2.35. The summed E-state index contributed by atoms with van der Waals surface area (Å²) in [4.78, 5) is 4.01. The zero-order valence-corrected chi connectivity index (χ0v) is 26.2. The van der Waals surface area contributed by atoms with Gasteiger partial charge in [-0.1, -0.05) is 157 Å². The smallest absolute Gasteiger partial charge is 0.187 e. The van der Waals surface area contributed by atoms with Crippen molar-refractivity contribution in [3.05, 3.63) is 193 Å². The molecule has 1 heterocycles. The van der Waals surface area contributed by atoms with Crippen LogP contribution in [0.5, 0.6) is 0 Å². The van der Waals surface area contributed by atoms with Crippen molar-refractivity contribution in [1.82, 2.24) is 4.57 Å². The van der Waals surface area contributed by atoms with E-state index in [9.17, 15) is 0 Å². The first-order chi connectivity index (χ1) is 22.8. The summed E-state index contributed by atoms with van der Waals surface area (Å²) in [6.45, 7) is 8.14. The van der Waals surface area contributed by atoms with Crippen molar-refractivity contribution >= 4 is 56.3 Å². The van der Waals surface area contributed by atoms with Gasteiger partial charge in [0.1, 0.15) is 0 Å². The highest BCUT2D eigenvalue weighted by atomic mass is 28.3. The fourth-order valence-electron chi connectivity index (χ4n) is 7.13. The summed E-state index contributed by atoms with van der Waals surface area (Å²) in [5.74, 6) is 0. The number of rotatable bonds is 6. The Morgan fingerprint density at radius 3 is 1.35 bits per heavy atom. The lowest BCUT2D eigenvalue weighted by Crippen LogP contribution is -2.74. The van der Waals surface area contributed by atoms with E-state index in [2.05, 4.69) is 185 Å². The topological polar surface area (TPSA) is 9.29 Å². The van der Waals surface area contributed by atoms with Gasteiger partial charge in [-0.25, -0.2) is 4.85 Å². The van der Waals surface area contributed by atoms with Gasteiger partial charge in [-0.2, -0.15) is 0 Å². The van der Waals surface area contributed by atoms with Crippen LogP contribution < -0.4 is 20.7 Å². The van der Waals surface area contributed by atoms with E-state index in [0.29, 0.717) is 5.69 Å². The summed E-state index contributed by atoms with van der Waals surface area (Å²) in [5, 5.41) is 7.58. The zero-order valence-electron chi connectivity index (χ0n) is 25.2. The molecule has 7 aromatic carbocycles. The van der Waals surface area contributed by atoms with Crippen molar-refractivity contribution in [2.24, 2.45) is 0 Å². The summed E-state index contributed by atoms with van der Waals surface area (Å²) in [7, 11) is -2.77. The maximum Gasteiger partial charge on any atom is 0.187 e. The van der Waals surface area contributed by atoms with Gasteiger partial charge in [-0.15, -0.1) is 0 Å². The molecule has 0 saturated carbocycles. The normalized spacial score (nSPS) is 11.5. The third-order valence-corrected chi connectivity index (χ3v) is 13.9. The van der Waals surface area contributed by atoms with Crippen molar-refractivity contribution < 1.29 is 0 Å². The first kappa shape index (κ1) is 27.6. The summed E-state index contributed by atoms with van der Waals surface area (Å²) in [5.41, 5.74) is 6.30. The average molecular weight is 603 g/mol. The summed E-state index contributed by atoms with van der Waals surface area (Å²) >= 11 is 0. The molecule has 0 radical (unpaired) electrons. The minimum absolute atomic E-state index is 0.652. The number of nitrogens with zero attached hydrogens (tertiary/aromatic N) is 2. The van der Waals surface area contributed by atoms with Gasteiger partial charge in [0.25, 0.3) is 0 Å². The monoisotopic (exact) mass is 602 g/mol.